The van der Waals surface area contributed by atoms with Crippen LogP contribution in [0.4, 0.5) is 0 Å². The van der Waals surface area contributed by atoms with Crippen LogP contribution in [0, 0.1) is 13.8 Å². The number of aryl methyl sites for hydroxylation is 2. The van der Waals surface area contributed by atoms with Crippen molar-refractivity contribution in [3.05, 3.63) is 34.9 Å². The molecule has 1 aromatic heterocycles. The zero-order chi connectivity index (χ0) is 15.6. The van der Waals surface area contributed by atoms with Gasteiger partial charge in [-0.15, -0.1) is 5.10 Å². The number of nitrogens with zero attached hydrogens (tertiary/aromatic N) is 4. The fourth-order valence-electron chi connectivity index (χ4n) is 1.93. The number of benzene rings is 1. The van der Waals surface area contributed by atoms with E-state index in [1.54, 1.807) is 4.68 Å². The minimum absolute atomic E-state index is 0.102. The van der Waals surface area contributed by atoms with Gasteiger partial charge in [-0.3, -0.25) is 4.79 Å². The van der Waals surface area contributed by atoms with E-state index < -0.39 is 0 Å². The molecule has 2 rings (SSSR count). The maximum Gasteiger partial charge on any atom is 0.210 e. The Morgan fingerprint density at radius 2 is 2.00 bits per heavy atom. The number of tetrazole rings is 1. The van der Waals surface area contributed by atoms with Gasteiger partial charge < -0.3 is 0 Å². The molecule has 0 aliphatic carbocycles. The van der Waals surface area contributed by atoms with Gasteiger partial charge in [-0.2, -0.15) is 0 Å². The predicted octanol–water partition coefficient (Wildman–Crippen LogP) is 3.02. The lowest BCUT2D eigenvalue weighted by atomic mass is 10.0. The Morgan fingerprint density at radius 1 is 1.29 bits per heavy atom. The summed E-state index contributed by atoms with van der Waals surface area (Å²) in [5.74, 6) is 0.436. The number of carbonyl (C=O) groups excluding carboxylic acids is 1. The van der Waals surface area contributed by atoms with Gasteiger partial charge in [-0.05, 0) is 56.7 Å². The molecular formula is C15H20N4OS. The second-order valence-corrected chi connectivity index (χ2v) is 7.02. The van der Waals surface area contributed by atoms with E-state index in [0.717, 1.165) is 16.7 Å². The maximum atomic E-state index is 12.4. The molecule has 0 N–H and O–H groups in total. The second-order valence-electron chi connectivity index (χ2n) is 6.07. The molecule has 0 amide bonds. The summed E-state index contributed by atoms with van der Waals surface area (Å²) < 4.78 is 1.74. The van der Waals surface area contributed by atoms with E-state index in [9.17, 15) is 4.79 Å². The van der Waals surface area contributed by atoms with Crippen LogP contribution in [0.1, 0.15) is 42.3 Å². The summed E-state index contributed by atoms with van der Waals surface area (Å²) in [6.45, 7) is 10.0. The summed E-state index contributed by atoms with van der Waals surface area (Å²) in [7, 11) is 0. The summed E-state index contributed by atoms with van der Waals surface area (Å²) in [6, 6.07) is 5.93. The number of Topliss-reactive ketones (excluding diaryl/α,β-unsaturated/α-hetero) is 1. The summed E-state index contributed by atoms with van der Waals surface area (Å²) in [5, 5.41) is 12.4. The highest BCUT2D eigenvalue weighted by atomic mass is 32.2. The first-order valence-corrected chi connectivity index (χ1v) is 7.79. The lowest BCUT2D eigenvalue weighted by Crippen LogP contribution is -2.24. The highest BCUT2D eigenvalue weighted by Gasteiger charge is 2.21. The molecule has 1 aromatic carbocycles. The summed E-state index contributed by atoms with van der Waals surface area (Å²) in [6.07, 6.45) is 0. The minimum atomic E-state index is -0.200. The van der Waals surface area contributed by atoms with Crippen molar-refractivity contribution in [2.24, 2.45) is 0 Å². The van der Waals surface area contributed by atoms with E-state index in [0.29, 0.717) is 10.9 Å². The van der Waals surface area contributed by atoms with Crippen LogP contribution < -0.4 is 0 Å². The van der Waals surface area contributed by atoms with Crippen LogP contribution in [-0.2, 0) is 5.54 Å². The third kappa shape index (κ3) is 3.69. The molecule has 21 heavy (non-hydrogen) atoms. The Labute approximate surface area is 129 Å². The molecule has 0 saturated heterocycles. The van der Waals surface area contributed by atoms with Crippen molar-refractivity contribution in [2.75, 3.05) is 5.75 Å². The van der Waals surface area contributed by atoms with E-state index in [2.05, 4.69) is 15.5 Å². The summed E-state index contributed by atoms with van der Waals surface area (Å²) >= 11 is 1.38. The van der Waals surface area contributed by atoms with Gasteiger partial charge >= 0.3 is 0 Å². The molecule has 0 bridgehead atoms. The van der Waals surface area contributed by atoms with Gasteiger partial charge in [0, 0.05) is 5.56 Å². The van der Waals surface area contributed by atoms with Crippen molar-refractivity contribution in [1.29, 1.82) is 0 Å². The molecule has 0 aliphatic heterocycles. The van der Waals surface area contributed by atoms with Crippen molar-refractivity contribution in [2.45, 2.75) is 45.3 Å². The highest BCUT2D eigenvalue weighted by Crippen LogP contribution is 2.23. The standard InChI is InChI=1S/C15H20N4OS/c1-10-6-7-11(2)12(8-10)13(20)9-21-14-16-17-18-19(14)15(3,4)5/h6-8H,9H2,1-5H3. The number of rotatable bonds is 4. The van der Waals surface area contributed by atoms with Gasteiger partial charge in [-0.25, -0.2) is 4.68 Å². The molecule has 2 aromatic rings. The Morgan fingerprint density at radius 3 is 2.67 bits per heavy atom. The molecule has 0 fully saturated rings. The van der Waals surface area contributed by atoms with Crippen LogP contribution in [0.5, 0.6) is 0 Å². The van der Waals surface area contributed by atoms with Gasteiger partial charge in [0.1, 0.15) is 0 Å². The van der Waals surface area contributed by atoms with E-state index in [1.165, 1.54) is 11.8 Å². The first kappa shape index (κ1) is 15.7. The van der Waals surface area contributed by atoms with Gasteiger partial charge in [0.05, 0.1) is 11.3 Å². The van der Waals surface area contributed by atoms with E-state index in [4.69, 9.17) is 0 Å². The smallest absolute Gasteiger partial charge is 0.210 e. The maximum absolute atomic E-state index is 12.4. The second kappa shape index (κ2) is 5.97. The van der Waals surface area contributed by atoms with Gasteiger partial charge in [0.2, 0.25) is 5.16 Å². The fourth-order valence-corrected chi connectivity index (χ4v) is 2.88. The normalized spacial score (nSPS) is 11.7. The molecule has 0 unspecified atom stereocenters. The number of thioether (sulfide) groups is 1. The van der Waals surface area contributed by atoms with Gasteiger partial charge in [0.15, 0.2) is 5.78 Å². The Hall–Kier alpha value is -1.69. The predicted molar refractivity (Wildman–Crippen MR) is 83.8 cm³/mol. The van der Waals surface area contributed by atoms with Crippen molar-refractivity contribution in [3.63, 3.8) is 0 Å². The zero-order valence-corrected chi connectivity index (χ0v) is 13.9. The van der Waals surface area contributed by atoms with Crippen LogP contribution in [0.25, 0.3) is 0 Å². The van der Waals surface area contributed by atoms with Crippen LogP contribution in [0.15, 0.2) is 23.4 Å². The Balaban J connectivity index is 2.12. The average Bonchev–Trinajstić information content (AvgIpc) is 2.87. The Bertz CT molecular complexity index is 658. The zero-order valence-electron chi connectivity index (χ0n) is 13.0. The molecule has 0 atom stereocenters. The Kier molecular flexibility index (Phi) is 4.46. The fraction of sp³-hybridized carbons (Fsp3) is 0.467. The summed E-state index contributed by atoms with van der Waals surface area (Å²) in [5.41, 5.74) is 2.67. The monoisotopic (exact) mass is 304 g/mol. The quantitative estimate of drug-likeness (QED) is 0.642. The number of hydrogen-bond donors (Lipinski definition) is 0. The third-order valence-corrected chi connectivity index (χ3v) is 4.02. The number of aromatic nitrogens is 4. The van der Waals surface area contributed by atoms with Crippen LogP contribution >= 0.6 is 11.8 Å². The van der Waals surface area contributed by atoms with Crippen LogP contribution in [0.2, 0.25) is 0 Å². The lowest BCUT2D eigenvalue weighted by molar-refractivity contribution is 0.102. The molecule has 0 radical (unpaired) electrons. The van der Waals surface area contributed by atoms with Gasteiger partial charge in [0.25, 0.3) is 0 Å². The van der Waals surface area contributed by atoms with Crippen LogP contribution in [0.3, 0.4) is 0 Å². The number of carbonyl (C=O) groups is 1. The van der Waals surface area contributed by atoms with E-state index in [1.807, 2.05) is 52.8 Å². The van der Waals surface area contributed by atoms with Crippen molar-refractivity contribution >= 4 is 17.5 Å². The largest absolute Gasteiger partial charge is 0.293 e. The highest BCUT2D eigenvalue weighted by molar-refractivity contribution is 7.99. The van der Waals surface area contributed by atoms with Crippen molar-refractivity contribution in [1.82, 2.24) is 20.2 Å². The van der Waals surface area contributed by atoms with Crippen molar-refractivity contribution in [3.8, 4) is 0 Å². The molecule has 1 heterocycles. The molecule has 0 saturated carbocycles. The number of hydrogen-bond acceptors (Lipinski definition) is 5. The van der Waals surface area contributed by atoms with E-state index >= 15 is 0 Å². The minimum Gasteiger partial charge on any atom is -0.293 e. The topological polar surface area (TPSA) is 60.7 Å². The van der Waals surface area contributed by atoms with Crippen molar-refractivity contribution < 1.29 is 4.79 Å². The molecule has 6 heteroatoms. The number of ketones is 1. The molecule has 0 aliphatic rings. The molecule has 112 valence electrons. The molecular weight excluding hydrogens is 284 g/mol. The SMILES string of the molecule is Cc1ccc(C)c(C(=O)CSc2nnnn2C(C)(C)C)c1. The average molecular weight is 304 g/mol. The first-order chi connectivity index (χ1) is 9.79. The molecule has 0 spiro atoms. The first-order valence-electron chi connectivity index (χ1n) is 6.81. The van der Waals surface area contributed by atoms with E-state index in [-0.39, 0.29) is 11.3 Å². The molecule has 5 nitrogen and oxygen atoms in total. The van der Waals surface area contributed by atoms with Gasteiger partial charge in [-0.1, -0.05) is 29.5 Å². The lowest BCUT2D eigenvalue weighted by Gasteiger charge is -2.19. The third-order valence-electron chi connectivity index (χ3n) is 3.10. The summed E-state index contributed by atoms with van der Waals surface area (Å²) in [4.78, 5) is 12.4. The van der Waals surface area contributed by atoms with Crippen LogP contribution in [-0.4, -0.2) is 31.7 Å².